The number of hydrogen-bond donors (Lipinski definition) is 2. The predicted octanol–water partition coefficient (Wildman–Crippen LogP) is 1.82. The highest BCUT2D eigenvalue weighted by molar-refractivity contribution is 6.44. The molecular formula is C9H19BO2. The maximum absolute atomic E-state index is 8.82. The zero-order valence-electron chi connectivity index (χ0n) is 7.87. The Labute approximate surface area is 75.1 Å². The second-order valence-electron chi connectivity index (χ2n) is 3.92. The van der Waals surface area contributed by atoms with Crippen molar-refractivity contribution in [1.82, 2.24) is 0 Å². The fraction of sp³-hybridized carbons (Fsp3) is 1.00. The van der Waals surface area contributed by atoms with Gasteiger partial charge in [0.2, 0.25) is 0 Å². The van der Waals surface area contributed by atoms with Crippen LogP contribution in [0.25, 0.3) is 0 Å². The molecule has 0 aromatic rings. The number of hydrogen-bond acceptors (Lipinski definition) is 2. The predicted molar refractivity (Wildman–Crippen MR) is 50.8 cm³/mol. The molecule has 1 rings (SSSR count). The zero-order valence-corrected chi connectivity index (χ0v) is 7.87. The standard InChI is InChI=1S/C9H19BO2/c1-2-3-4-5-6-8-7-9(8)10(11)12/h8-9,11-12H,2-7H2,1H3/t8-,9-/m0/s1. The molecule has 0 aromatic carbocycles. The van der Waals surface area contributed by atoms with Gasteiger partial charge in [0.25, 0.3) is 0 Å². The lowest BCUT2D eigenvalue weighted by Gasteiger charge is -1.98. The quantitative estimate of drug-likeness (QED) is 0.471. The van der Waals surface area contributed by atoms with Gasteiger partial charge in [-0.1, -0.05) is 39.0 Å². The van der Waals surface area contributed by atoms with Crippen LogP contribution in [-0.2, 0) is 0 Å². The van der Waals surface area contributed by atoms with Gasteiger partial charge in [-0.15, -0.1) is 0 Å². The van der Waals surface area contributed by atoms with E-state index in [0.29, 0.717) is 5.92 Å². The molecule has 1 saturated carbocycles. The van der Waals surface area contributed by atoms with E-state index in [2.05, 4.69) is 6.92 Å². The Hall–Kier alpha value is -0.0151. The second kappa shape index (κ2) is 4.88. The number of unbranched alkanes of at least 4 members (excludes halogenated alkanes) is 3. The molecule has 0 unspecified atom stereocenters. The van der Waals surface area contributed by atoms with Crippen LogP contribution in [0.1, 0.15) is 45.4 Å². The topological polar surface area (TPSA) is 40.5 Å². The zero-order chi connectivity index (χ0) is 8.97. The molecule has 0 amide bonds. The molecule has 2 atom stereocenters. The lowest BCUT2D eigenvalue weighted by Crippen LogP contribution is -2.11. The molecule has 3 heteroatoms. The van der Waals surface area contributed by atoms with E-state index < -0.39 is 7.12 Å². The summed E-state index contributed by atoms with van der Waals surface area (Å²) in [6.45, 7) is 2.21. The molecule has 0 aromatic heterocycles. The van der Waals surface area contributed by atoms with Crippen molar-refractivity contribution in [3.63, 3.8) is 0 Å². The maximum atomic E-state index is 8.82. The van der Waals surface area contributed by atoms with Crippen molar-refractivity contribution < 1.29 is 10.0 Å². The fourth-order valence-corrected chi connectivity index (χ4v) is 1.80. The summed E-state index contributed by atoms with van der Waals surface area (Å²) in [5.74, 6) is 0.813. The second-order valence-corrected chi connectivity index (χ2v) is 3.92. The molecule has 2 nitrogen and oxygen atoms in total. The first-order chi connectivity index (χ1) is 5.75. The molecule has 2 N–H and O–H groups in total. The lowest BCUT2D eigenvalue weighted by molar-refractivity contribution is 0.398. The monoisotopic (exact) mass is 170 g/mol. The molecular weight excluding hydrogens is 151 g/mol. The third kappa shape index (κ3) is 3.15. The van der Waals surface area contributed by atoms with Gasteiger partial charge in [-0.3, -0.25) is 0 Å². The minimum absolute atomic E-state index is 0.201. The first-order valence-corrected chi connectivity index (χ1v) is 5.11. The van der Waals surface area contributed by atoms with Gasteiger partial charge in [0.15, 0.2) is 0 Å². The minimum Gasteiger partial charge on any atom is -0.427 e. The summed E-state index contributed by atoms with van der Waals surface area (Å²) in [5.41, 5.74) is 0. The van der Waals surface area contributed by atoms with Gasteiger partial charge < -0.3 is 10.0 Å². The van der Waals surface area contributed by atoms with Crippen LogP contribution >= 0.6 is 0 Å². The smallest absolute Gasteiger partial charge is 0.427 e. The van der Waals surface area contributed by atoms with E-state index in [1.807, 2.05) is 0 Å². The van der Waals surface area contributed by atoms with E-state index in [-0.39, 0.29) is 5.82 Å². The molecule has 0 heterocycles. The van der Waals surface area contributed by atoms with Crippen molar-refractivity contribution in [2.24, 2.45) is 5.92 Å². The molecule has 12 heavy (non-hydrogen) atoms. The van der Waals surface area contributed by atoms with Gasteiger partial charge in [0, 0.05) is 0 Å². The first-order valence-electron chi connectivity index (χ1n) is 5.11. The van der Waals surface area contributed by atoms with E-state index >= 15 is 0 Å². The van der Waals surface area contributed by atoms with E-state index in [4.69, 9.17) is 10.0 Å². The first kappa shape index (κ1) is 10.1. The van der Waals surface area contributed by atoms with Crippen LogP contribution in [0.4, 0.5) is 0 Å². The summed E-state index contributed by atoms with van der Waals surface area (Å²) in [6.07, 6.45) is 7.39. The van der Waals surface area contributed by atoms with Crippen LogP contribution in [0.5, 0.6) is 0 Å². The van der Waals surface area contributed by atoms with Gasteiger partial charge in [0.1, 0.15) is 0 Å². The number of rotatable bonds is 6. The van der Waals surface area contributed by atoms with E-state index in [1.54, 1.807) is 0 Å². The Morgan fingerprint density at radius 3 is 2.50 bits per heavy atom. The third-order valence-electron chi connectivity index (χ3n) is 2.79. The average molecular weight is 170 g/mol. The van der Waals surface area contributed by atoms with E-state index in [0.717, 1.165) is 6.42 Å². The Morgan fingerprint density at radius 2 is 2.00 bits per heavy atom. The Balaban J connectivity index is 1.90. The fourth-order valence-electron chi connectivity index (χ4n) is 1.80. The summed E-state index contributed by atoms with van der Waals surface area (Å²) < 4.78 is 0. The van der Waals surface area contributed by atoms with Crippen LogP contribution < -0.4 is 0 Å². The maximum Gasteiger partial charge on any atom is 0.455 e. The summed E-state index contributed by atoms with van der Waals surface area (Å²) in [4.78, 5) is 0. The molecule has 0 radical (unpaired) electrons. The Bertz CT molecular complexity index is 128. The van der Waals surface area contributed by atoms with Crippen molar-refractivity contribution in [1.29, 1.82) is 0 Å². The molecule has 1 aliphatic rings. The normalized spacial score (nSPS) is 27.2. The van der Waals surface area contributed by atoms with E-state index in [9.17, 15) is 0 Å². The SMILES string of the molecule is CCCCCC[C@H]1C[C@@H]1B(O)O. The van der Waals surface area contributed by atoms with Crippen LogP contribution in [0, 0.1) is 5.92 Å². The van der Waals surface area contributed by atoms with Gasteiger partial charge in [-0.05, 0) is 18.2 Å². The van der Waals surface area contributed by atoms with Crippen LogP contribution in [-0.4, -0.2) is 17.2 Å². The van der Waals surface area contributed by atoms with Crippen molar-refractivity contribution in [2.45, 2.75) is 51.3 Å². The van der Waals surface area contributed by atoms with Crippen molar-refractivity contribution in [3.05, 3.63) is 0 Å². The highest BCUT2D eigenvalue weighted by atomic mass is 16.4. The average Bonchev–Trinajstić information content (AvgIpc) is 2.77. The Morgan fingerprint density at radius 1 is 1.25 bits per heavy atom. The Kier molecular flexibility index (Phi) is 4.09. The van der Waals surface area contributed by atoms with Crippen molar-refractivity contribution >= 4 is 7.12 Å². The molecule has 1 fully saturated rings. The molecule has 0 saturated heterocycles. The summed E-state index contributed by atoms with van der Waals surface area (Å²) in [5, 5.41) is 17.6. The highest BCUT2D eigenvalue weighted by Gasteiger charge is 2.44. The molecule has 0 spiro atoms. The molecule has 70 valence electrons. The van der Waals surface area contributed by atoms with Crippen LogP contribution in [0.2, 0.25) is 5.82 Å². The van der Waals surface area contributed by atoms with Gasteiger partial charge >= 0.3 is 7.12 Å². The third-order valence-corrected chi connectivity index (χ3v) is 2.79. The van der Waals surface area contributed by atoms with Gasteiger partial charge in [0.05, 0.1) is 0 Å². The largest absolute Gasteiger partial charge is 0.455 e. The van der Waals surface area contributed by atoms with Gasteiger partial charge in [-0.25, -0.2) is 0 Å². The summed E-state index contributed by atoms with van der Waals surface area (Å²) in [6, 6.07) is 0. The van der Waals surface area contributed by atoms with Crippen molar-refractivity contribution in [2.75, 3.05) is 0 Å². The van der Waals surface area contributed by atoms with Gasteiger partial charge in [-0.2, -0.15) is 0 Å². The van der Waals surface area contributed by atoms with Crippen LogP contribution in [0.15, 0.2) is 0 Å². The highest BCUT2D eigenvalue weighted by Crippen LogP contribution is 2.48. The summed E-state index contributed by atoms with van der Waals surface area (Å²) in [7, 11) is -1.05. The minimum atomic E-state index is -1.05. The lowest BCUT2D eigenvalue weighted by atomic mass is 9.81. The van der Waals surface area contributed by atoms with Crippen LogP contribution in [0.3, 0.4) is 0 Å². The molecule has 1 aliphatic carbocycles. The van der Waals surface area contributed by atoms with E-state index in [1.165, 1.54) is 32.1 Å². The summed E-state index contributed by atoms with van der Waals surface area (Å²) >= 11 is 0. The molecule has 0 aliphatic heterocycles. The molecule has 0 bridgehead atoms. The van der Waals surface area contributed by atoms with Crippen molar-refractivity contribution in [3.8, 4) is 0 Å².